The van der Waals surface area contributed by atoms with Gasteiger partial charge >= 0.3 is 0 Å². The van der Waals surface area contributed by atoms with Crippen LogP contribution < -0.4 is 5.32 Å². The first kappa shape index (κ1) is 17.3. The number of fused-ring (bicyclic) bond motifs is 1. The van der Waals surface area contributed by atoms with Gasteiger partial charge in [-0.15, -0.1) is 0 Å². The lowest BCUT2D eigenvalue weighted by Gasteiger charge is -2.31. The molecule has 1 atom stereocenters. The highest BCUT2D eigenvalue weighted by molar-refractivity contribution is 5.94. The van der Waals surface area contributed by atoms with Crippen molar-refractivity contribution in [1.29, 1.82) is 0 Å². The molecule has 0 radical (unpaired) electrons. The van der Waals surface area contributed by atoms with Crippen LogP contribution in [0.4, 0.5) is 0 Å². The van der Waals surface area contributed by atoms with Gasteiger partial charge in [-0.2, -0.15) is 5.10 Å². The predicted molar refractivity (Wildman–Crippen MR) is 102 cm³/mol. The minimum absolute atomic E-state index is 0.0300. The second-order valence-electron chi connectivity index (χ2n) is 7.42. The van der Waals surface area contributed by atoms with Gasteiger partial charge in [0.25, 0.3) is 5.91 Å². The smallest absolute Gasteiger partial charge is 0.272 e. The third kappa shape index (κ3) is 3.40. The van der Waals surface area contributed by atoms with Gasteiger partial charge < -0.3 is 10.2 Å². The molecule has 1 amide bonds. The molecule has 138 valence electrons. The van der Waals surface area contributed by atoms with Gasteiger partial charge in [-0.3, -0.25) is 9.48 Å². The molecule has 1 aromatic heterocycles. The quantitative estimate of drug-likeness (QED) is 0.900. The molecule has 1 saturated heterocycles. The van der Waals surface area contributed by atoms with Crippen molar-refractivity contribution >= 4 is 5.91 Å². The number of benzene rings is 1. The van der Waals surface area contributed by atoms with E-state index in [1.807, 2.05) is 13.0 Å². The highest BCUT2D eigenvalue weighted by atomic mass is 16.1. The molecule has 1 fully saturated rings. The number of amides is 1. The van der Waals surface area contributed by atoms with Gasteiger partial charge in [-0.1, -0.05) is 30.3 Å². The second-order valence-corrected chi connectivity index (χ2v) is 7.42. The summed E-state index contributed by atoms with van der Waals surface area (Å²) in [4.78, 5) is 15.2. The summed E-state index contributed by atoms with van der Waals surface area (Å²) in [6, 6.07) is 10.9. The average Bonchev–Trinajstić information content (AvgIpc) is 3.31. The van der Waals surface area contributed by atoms with Crippen molar-refractivity contribution in [2.45, 2.75) is 51.6 Å². The molecule has 26 heavy (non-hydrogen) atoms. The molecule has 5 nitrogen and oxygen atoms in total. The van der Waals surface area contributed by atoms with Crippen LogP contribution in [0.15, 0.2) is 30.3 Å². The lowest BCUT2D eigenvalue weighted by Crippen LogP contribution is -2.38. The highest BCUT2D eigenvalue weighted by Crippen LogP contribution is 2.29. The first-order valence-corrected chi connectivity index (χ1v) is 9.91. The largest absolute Gasteiger partial charge is 0.351 e. The van der Waals surface area contributed by atoms with E-state index in [0.29, 0.717) is 18.3 Å². The number of nitrogens with zero attached hydrogens (tertiary/aromatic N) is 3. The molecule has 1 N–H and O–H groups in total. The molecule has 2 aromatic rings. The Morgan fingerprint density at radius 3 is 2.73 bits per heavy atom. The lowest BCUT2D eigenvalue weighted by molar-refractivity contribution is 0.0948. The summed E-state index contributed by atoms with van der Waals surface area (Å²) < 4.78 is 2.06. The van der Waals surface area contributed by atoms with Gasteiger partial charge in [-0.25, -0.2) is 0 Å². The molecule has 1 aromatic carbocycles. The number of carbonyl (C=O) groups is 1. The Morgan fingerprint density at radius 2 is 2.00 bits per heavy atom. The van der Waals surface area contributed by atoms with Crippen LogP contribution in [0.2, 0.25) is 0 Å². The third-order valence-electron chi connectivity index (χ3n) is 5.71. The number of hydrogen-bond acceptors (Lipinski definition) is 3. The Kier molecular flexibility index (Phi) is 5.07. The van der Waals surface area contributed by atoms with Gasteiger partial charge in [0.05, 0.1) is 6.54 Å². The normalized spacial score (nSPS) is 20.1. The number of aromatic nitrogens is 2. The van der Waals surface area contributed by atoms with Crippen LogP contribution in [-0.4, -0.2) is 46.3 Å². The van der Waals surface area contributed by atoms with Gasteiger partial charge in [0.15, 0.2) is 5.69 Å². The molecule has 4 rings (SSSR count). The first-order valence-electron chi connectivity index (χ1n) is 9.91. The third-order valence-corrected chi connectivity index (χ3v) is 5.71. The fourth-order valence-corrected chi connectivity index (χ4v) is 4.40. The summed E-state index contributed by atoms with van der Waals surface area (Å²) in [7, 11) is 0. The van der Waals surface area contributed by atoms with Crippen molar-refractivity contribution in [3.8, 4) is 0 Å². The first-order chi connectivity index (χ1) is 12.8. The molecule has 1 aliphatic heterocycles. The molecule has 0 saturated carbocycles. The Hall–Kier alpha value is -2.14. The molecule has 2 heterocycles. The Labute approximate surface area is 155 Å². The van der Waals surface area contributed by atoms with Crippen LogP contribution >= 0.6 is 0 Å². The summed E-state index contributed by atoms with van der Waals surface area (Å²) in [6.07, 6.45) is 5.74. The maximum atomic E-state index is 12.6. The monoisotopic (exact) mass is 352 g/mol. The summed E-state index contributed by atoms with van der Waals surface area (Å²) >= 11 is 0. The topological polar surface area (TPSA) is 50.2 Å². The van der Waals surface area contributed by atoms with E-state index in [9.17, 15) is 4.79 Å². The molecule has 0 spiro atoms. The van der Waals surface area contributed by atoms with E-state index in [1.54, 1.807) is 0 Å². The van der Waals surface area contributed by atoms with E-state index in [-0.39, 0.29) is 5.91 Å². The number of likely N-dealkylation sites (tertiary alicyclic amines) is 1. The van der Waals surface area contributed by atoms with Crippen LogP contribution in [0.1, 0.15) is 53.5 Å². The van der Waals surface area contributed by atoms with E-state index in [1.165, 1.54) is 49.2 Å². The zero-order valence-electron chi connectivity index (χ0n) is 15.6. The standard InChI is InChI=1S/C21H28N4O/c1-2-22-21(26)20-18-14-17(24-12-6-7-13-24)10-11-19(18)25(23-20)15-16-8-4-3-5-9-16/h3-5,8-9,17H,2,6-7,10-15H2,1H3,(H,22,26)/t17-/m1/s1. The van der Waals surface area contributed by atoms with E-state index in [0.717, 1.165) is 19.4 Å². The molecular formula is C21H28N4O. The van der Waals surface area contributed by atoms with E-state index >= 15 is 0 Å². The SMILES string of the molecule is CCNC(=O)c1nn(Cc2ccccc2)c2c1C[C@H](N1CCCC1)CC2. The summed E-state index contributed by atoms with van der Waals surface area (Å²) in [5, 5.41) is 7.70. The fraction of sp³-hybridized carbons (Fsp3) is 0.524. The van der Waals surface area contributed by atoms with Crippen molar-refractivity contribution in [1.82, 2.24) is 20.0 Å². The number of nitrogens with one attached hydrogen (secondary N) is 1. The van der Waals surface area contributed by atoms with Crippen LogP contribution in [-0.2, 0) is 19.4 Å². The van der Waals surface area contributed by atoms with Crippen molar-refractivity contribution in [2.24, 2.45) is 0 Å². The number of hydrogen-bond donors (Lipinski definition) is 1. The Bertz CT molecular complexity index is 762. The van der Waals surface area contributed by atoms with Crippen LogP contribution in [0, 0.1) is 0 Å². The molecule has 1 aliphatic carbocycles. The van der Waals surface area contributed by atoms with E-state index in [4.69, 9.17) is 5.10 Å². The second kappa shape index (κ2) is 7.62. The van der Waals surface area contributed by atoms with Crippen LogP contribution in [0.5, 0.6) is 0 Å². The summed E-state index contributed by atoms with van der Waals surface area (Å²) in [6.45, 7) is 5.73. The van der Waals surface area contributed by atoms with Gasteiger partial charge in [0.2, 0.25) is 0 Å². The number of carbonyl (C=O) groups excluding carboxylic acids is 1. The molecule has 5 heteroatoms. The molecule has 0 bridgehead atoms. The summed E-state index contributed by atoms with van der Waals surface area (Å²) in [5.41, 5.74) is 4.30. The zero-order chi connectivity index (χ0) is 17.9. The fourth-order valence-electron chi connectivity index (χ4n) is 4.40. The summed E-state index contributed by atoms with van der Waals surface area (Å²) in [5.74, 6) is -0.0300. The Morgan fingerprint density at radius 1 is 1.23 bits per heavy atom. The van der Waals surface area contributed by atoms with Crippen molar-refractivity contribution in [2.75, 3.05) is 19.6 Å². The van der Waals surface area contributed by atoms with Gasteiger partial charge in [0, 0.05) is 23.8 Å². The van der Waals surface area contributed by atoms with Crippen molar-refractivity contribution in [3.05, 3.63) is 52.8 Å². The average molecular weight is 352 g/mol. The zero-order valence-corrected chi connectivity index (χ0v) is 15.6. The van der Waals surface area contributed by atoms with Gasteiger partial charge in [-0.05, 0) is 57.7 Å². The van der Waals surface area contributed by atoms with Crippen LogP contribution in [0.25, 0.3) is 0 Å². The predicted octanol–water partition coefficient (Wildman–Crippen LogP) is 2.63. The minimum Gasteiger partial charge on any atom is -0.351 e. The van der Waals surface area contributed by atoms with Gasteiger partial charge in [0.1, 0.15) is 0 Å². The van der Waals surface area contributed by atoms with Crippen molar-refractivity contribution < 1.29 is 4.79 Å². The molecule has 0 unspecified atom stereocenters. The van der Waals surface area contributed by atoms with Crippen molar-refractivity contribution in [3.63, 3.8) is 0 Å². The molecular weight excluding hydrogens is 324 g/mol. The highest BCUT2D eigenvalue weighted by Gasteiger charge is 2.32. The lowest BCUT2D eigenvalue weighted by atomic mass is 9.90. The Balaban J connectivity index is 1.64. The molecule has 2 aliphatic rings. The maximum Gasteiger partial charge on any atom is 0.272 e. The number of rotatable bonds is 5. The van der Waals surface area contributed by atoms with E-state index in [2.05, 4.69) is 39.2 Å². The minimum atomic E-state index is -0.0300. The van der Waals surface area contributed by atoms with Crippen LogP contribution in [0.3, 0.4) is 0 Å². The van der Waals surface area contributed by atoms with E-state index < -0.39 is 0 Å². The maximum absolute atomic E-state index is 12.6.